The molecule has 0 aliphatic carbocycles. The lowest BCUT2D eigenvalue weighted by atomic mass is 9.99. The lowest BCUT2D eigenvalue weighted by Crippen LogP contribution is -2.04. The van der Waals surface area contributed by atoms with Gasteiger partial charge in [-0.3, -0.25) is 4.79 Å². The molecule has 128 valence electrons. The lowest BCUT2D eigenvalue weighted by molar-refractivity contribution is -0.136. The predicted octanol–water partition coefficient (Wildman–Crippen LogP) is 4.15. The highest BCUT2D eigenvalue weighted by molar-refractivity contribution is 5.70. The van der Waals surface area contributed by atoms with E-state index in [-0.39, 0.29) is 6.42 Å². The number of aliphatic carboxylic acids is 1. The first-order valence-corrected chi connectivity index (χ1v) is 8.33. The average Bonchev–Trinajstić information content (AvgIpc) is 2.96. The van der Waals surface area contributed by atoms with E-state index in [9.17, 15) is 4.79 Å². The van der Waals surface area contributed by atoms with E-state index in [0.717, 1.165) is 17.0 Å². The Balaban J connectivity index is 1.89. The van der Waals surface area contributed by atoms with E-state index in [1.165, 1.54) is 22.3 Å². The third kappa shape index (κ3) is 3.79. The summed E-state index contributed by atoms with van der Waals surface area (Å²) in [5, 5.41) is 8.87. The van der Waals surface area contributed by atoms with Crippen LogP contribution in [0, 0.1) is 20.8 Å². The van der Waals surface area contributed by atoms with E-state index < -0.39 is 5.97 Å². The molecule has 0 amide bonds. The maximum absolute atomic E-state index is 10.8. The fraction of sp³-hybridized carbons (Fsp3) is 0.238. The number of benzene rings is 2. The summed E-state index contributed by atoms with van der Waals surface area (Å²) < 4.78 is 2.14. The third-order valence-electron chi connectivity index (χ3n) is 4.35. The van der Waals surface area contributed by atoms with Crippen molar-refractivity contribution in [3.05, 3.63) is 76.6 Å². The van der Waals surface area contributed by atoms with Crippen molar-refractivity contribution in [3.63, 3.8) is 0 Å². The zero-order chi connectivity index (χ0) is 18.0. The van der Waals surface area contributed by atoms with Gasteiger partial charge in [-0.2, -0.15) is 0 Å². The number of hydrogen-bond acceptors (Lipinski definition) is 2. The van der Waals surface area contributed by atoms with Crippen molar-refractivity contribution >= 4 is 5.97 Å². The summed E-state index contributed by atoms with van der Waals surface area (Å²) in [5.74, 6) is 0.152. The Morgan fingerprint density at radius 2 is 1.64 bits per heavy atom. The number of rotatable bonds is 5. The number of carboxylic acids is 1. The number of carbonyl (C=O) groups is 1. The van der Waals surface area contributed by atoms with Crippen LogP contribution in [-0.4, -0.2) is 20.6 Å². The van der Waals surface area contributed by atoms with Gasteiger partial charge < -0.3 is 9.67 Å². The van der Waals surface area contributed by atoms with E-state index in [2.05, 4.69) is 42.5 Å². The van der Waals surface area contributed by atoms with Crippen molar-refractivity contribution in [2.24, 2.45) is 0 Å². The zero-order valence-corrected chi connectivity index (χ0v) is 14.8. The molecule has 3 aromatic rings. The Kier molecular flexibility index (Phi) is 4.70. The van der Waals surface area contributed by atoms with E-state index in [1.807, 2.05) is 36.7 Å². The number of imidazole rings is 1. The van der Waals surface area contributed by atoms with Gasteiger partial charge in [-0.05, 0) is 43.0 Å². The van der Waals surface area contributed by atoms with Crippen molar-refractivity contribution in [1.29, 1.82) is 0 Å². The van der Waals surface area contributed by atoms with Crippen molar-refractivity contribution in [2.75, 3.05) is 0 Å². The van der Waals surface area contributed by atoms with Gasteiger partial charge in [0.25, 0.3) is 0 Å². The molecule has 4 heteroatoms. The highest BCUT2D eigenvalue weighted by atomic mass is 16.4. The number of nitrogens with zero attached hydrogens (tertiary/aromatic N) is 2. The van der Waals surface area contributed by atoms with Crippen LogP contribution in [0.25, 0.3) is 11.4 Å². The van der Waals surface area contributed by atoms with Gasteiger partial charge in [0.1, 0.15) is 5.82 Å². The highest BCUT2D eigenvalue weighted by Gasteiger charge is 2.12. The molecular formula is C21H22N2O2. The standard InChI is InChI=1S/C21H22N2O2/c1-14-10-15(2)20(16(3)11-14)21-22-8-9-23(21)13-18-6-4-17(5-7-18)12-19(24)25/h4-11H,12-13H2,1-3H3,(H,24,25). The second-order valence-corrected chi connectivity index (χ2v) is 6.54. The Morgan fingerprint density at radius 3 is 2.24 bits per heavy atom. The Labute approximate surface area is 147 Å². The summed E-state index contributed by atoms with van der Waals surface area (Å²) in [6, 6.07) is 12.1. The highest BCUT2D eigenvalue weighted by Crippen LogP contribution is 2.27. The normalized spacial score (nSPS) is 10.8. The van der Waals surface area contributed by atoms with Gasteiger partial charge in [0.05, 0.1) is 6.42 Å². The molecule has 0 aliphatic rings. The summed E-state index contributed by atoms with van der Waals surface area (Å²) >= 11 is 0. The van der Waals surface area contributed by atoms with Crippen LogP contribution in [0.3, 0.4) is 0 Å². The summed E-state index contributed by atoms with van der Waals surface area (Å²) in [6.07, 6.45) is 3.87. The molecule has 0 aliphatic heterocycles. The predicted molar refractivity (Wildman–Crippen MR) is 98.8 cm³/mol. The molecule has 1 N–H and O–H groups in total. The Hall–Kier alpha value is -2.88. The van der Waals surface area contributed by atoms with Crippen LogP contribution in [0.1, 0.15) is 27.8 Å². The fourth-order valence-electron chi connectivity index (χ4n) is 3.33. The smallest absolute Gasteiger partial charge is 0.307 e. The summed E-state index contributed by atoms with van der Waals surface area (Å²) in [6.45, 7) is 7.05. The lowest BCUT2D eigenvalue weighted by Gasteiger charge is -2.14. The molecule has 0 fully saturated rings. The van der Waals surface area contributed by atoms with Gasteiger partial charge in [-0.25, -0.2) is 4.98 Å². The van der Waals surface area contributed by atoms with E-state index in [0.29, 0.717) is 6.54 Å². The maximum atomic E-state index is 10.8. The molecule has 0 unspecified atom stereocenters. The first kappa shape index (κ1) is 17.0. The molecule has 3 rings (SSSR count). The molecule has 0 bridgehead atoms. The van der Waals surface area contributed by atoms with E-state index in [1.54, 1.807) is 0 Å². The number of hydrogen-bond donors (Lipinski definition) is 1. The van der Waals surface area contributed by atoms with Crippen molar-refractivity contribution in [1.82, 2.24) is 9.55 Å². The Morgan fingerprint density at radius 1 is 1.04 bits per heavy atom. The average molecular weight is 334 g/mol. The molecule has 1 heterocycles. The first-order valence-electron chi connectivity index (χ1n) is 8.33. The van der Waals surface area contributed by atoms with Gasteiger partial charge in [0, 0.05) is 24.5 Å². The summed E-state index contributed by atoms with van der Waals surface area (Å²) in [5.41, 5.74) is 6.82. The number of carboxylic acid groups (broad SMARTS) is 1. The second-order valence-electron chi connectivity index (χ2n) is 6.54. The molecule has 0 atom stereocenters. The second kappa shape index (κ2) is 6.93. The molecule has 0 radical (unpaired) electrons. The summed E-state index contributed by atoms with van der Waals surface area (Å²) in [7, 11) is 0. The minimum Gasteiger partial charge on any atom is -0.481 e. The largest absolute Gasteiger partial charge is 0.481 e. The van der Waals surface area contributed by atoms with E-state index >= 15 is 0 Å². The first-order chi connectivity index (χ1) is 11.9. The topological polar surface area (TPSA) is 55.1 Å². The van der Waals surface area contributed by atoms with Gasteiger partial charge in [-0.1, -0.05) is 42.0 Å². The molecule has 0 saturated carbocycles. The number of aryl methyl sites for hydroxylation is 3. The van der Waals surface area contributed by atoms with Crippen molar-refractivity contribution in [3.8, 4) is 11.4 Å². The van der Waals surface area contributed by atoms with Crippen LogP contribution < -0.4 is 0 Å². The van der Waals surface area contributed by atoms with Gasteiger partial charge in [0.15, 0.2) is 0 Å². The molecular weight excluding hydrogens is 312 g/mol. The fourth-order valence-corrected chi connectivity index (χ4v) is 3.33. The molecule has 25 heavy (non-hydrogen) atoms. The molecule has 0 spiro atoms. The van der Waals surface area contributed by atoms with Crippen molar-refractivity contribution < 1.29 is 9.90 Å². The van der Waals surface area contributed by atoms with Crippen LogP contribution in [0.2, 0.25) is 0 Å². The molecule has 4 nitrogen and oxygen atoms in total. The van der Waals surface area contributed by atoms with Gasteiger partial charge in [0.2, 0.25) is 0 Å². The van der Waals surface area contributed by atoms with Crippen LogP contribution in [-0.2, 0) is 17.8 Å². The molecule has 1 aromatic heterocycles. The third-order valence-corrected chi connectivity index (χ3v) is 4.35. The summed E-state index contributed by atoms with van der Waals surface area (Å²) in [4.78, 5) is 15.4. The Bertz CT molecular complexity index is 885. The zero-order valence-electron chi connectivity index (χ0n) is 14.8. The van der Waals surface area contributed by atoms with Gasteiger partial charge >= 0.3 is 5.97 Å². The minimum atomic E-state index is -0.810. The van der Waals surface area contributed by atoms with Gasteiger partial charge in [-0.15, -0.1) is 0 Å². The van der Waals surface area contributed by atoms with Crippen LogP contribution in [0.4, 0.5) is 0 Å². The van der Waals surface area contributed by atoms with Crippen LogP contribution in [0.15, 0.2) is 48.8 Å². The quantitative estimate of drug-likeness (QED) is 0.762. The monoisotopic (exact) mass is 334 g/mol. The maximum Gasteiger partial charge on any atom is 0.307 e. The van der Waals surface area contributed by atoms with E-state index in [4.69, 9.17) is 5.11 Å². The molecule has 2 aromatic carbocycles. The van der Waals surface area contributed by atoms with Crippen LogP contribution >= 0.6 is 0 Å². The van der Waals surface area contributed by atoms with Crippen molar-refractivity contribution in [2.45, 2.75) is 33.7 Å². The van der Waals surface area contributed by atoms with Crippen LogP contribution in [0.5, 0.6) is 0 Å². The minimum absolute atomic E-state index is 0.0539. The molecule has 0 saturated heterocycles. The SMILES string of the molecule is Cc1cc(C)c(-c2nccn2Cc2ccc(CC(=O)O)cc2)c(C)c1. The number of aromatic nitrogens is 2.